The molecule has 0 saturated heterocycles. The Morgan fingerprint density at radius 2 is 1.59 bits per heavy atom. The first-order chi connectivity index (χ1) is 10.5. The molecule has 0 saturated carbocycles. The van der Waals surface area contributed by atoms with Crippen LogP contribution in [0.25, 0.3) is 11.3 Å². The van der Waals surface area contributed by atoms with Crippen LogP contribution in [0.15, 0.2) is 48.5 Å². The predicted molar refractivity (Wildman–Crippen MR) is 75.0 cm³/mol. The minimum absolute atomic E-state index is 0.121. The van der Waals surface area contributed by atoms with Crippen LogP contribution in [0.2, 0.25) is 0 Å². The molecule has 0 atom stereocenters. The Morgan fingerprint density at radius 3 is 2.23 bits per heavy atom. The average molecular weight is 304 g/mol. The van der Waals surface area contributed by atoms with Gasteiger partial charge in [-0.2, -0.15) is 5.10 Å². The van der Waals surface area contributed by atoms with Gasteiger partial charge in [-0.05, 0) is 36.4 Å². The van der Waals surface area contributed by atoms with Gasteiger partial charge in [-0.1, -0.05) is 6.07 Å². The molecule has 0 aliphatic heterocycles. The number of ether oxygens (including phenoxy) is 1. The van der Waals surface area contributed by atoms with Crippen LogP contribution in [-0.2, 0) is 7.05 Å². The number of aryl methyl sites for hydroxylation is 1. The highest BCUT2D eigenvalue weighted by atomic mass is 19.1. The van der Waals surface area contributed by atoms with Gasteiger partial charge in [0, 0.05) is 13.1 Å². The van der Waals surface area contributed by atoms with E-state index in [1.165, 1.54) is 41.1 Å². The van der Waals surface area contributed by atoms with Gasteiger partial charge < -0.3 is 4.74 Å². The third-order valence-electron chi connectivity index (χ3n) is 3.09. The van der Waals surface area contributed by atoms with E-state index in [1.54, 1.807) is 7.05 Å². The zero-order chi connectivity index (χ0) is 15.7. The zero-order valence-corrected chi connectivity index (χ0v) is 11.6. The minimum Gasteiger partial charge on any atom is -0.439 e. The monoisotopic (exact) mass is 304 g/mol. The highest BCUT2D eigenvalue weighted by molar-refractivity contribution is 5.62. The highest BCUT2D eigenvalue weighted by Gasteiger charge is 2.16. The summed E-state index contributed by atoms with van der Waals surface area (Å²) in [5.74, 6) is -1.11. The molecule has 0 aliphatic carbocycles. The van der Waals surface area contributed by atoms with Gasteiger partial charge in [-0.25, -0.2) is 17.9 Å². The van der Waals surface area contributed by atoms with Crippen molar-refractivity contribution in [1.82, 2.24) is 9.78 Å². The fourth-order valence-corrected chi connectivity index (χ4v) is 2.03. The molecule has 0 amide bonds. The Bertz CT molecular complexity index is 793. The molecule has 3 nitrogen and oxygen atoms in total. The molecule has 1 aromatic heterocycles. The molecule has 0 unspecified atom stereocenters. The fraction of sp³-hybridized carbons (Fsp3) is 0.0625. The van der Waals surface area contributed by atoms with Crippen LogP contribution in [0.1, 0.15) is 0 Å². The van der Waals surface area contributed by atoms with E-state index in [4.69, 9.17) is 4.74 Å². The lowest BCUT2D eigenvalue weighted by Crippen LogP contribution is -1.96. The molecule has 0 aliphatic rings. The number of hydrogen-bond donors (Lipinski definition) is 0. The van der Waals surface area contributed by atoms with Gasteiger partial charge in [0.25, 0.3) is 0 Å². The van der Waals surface area contributed by atoms with Crippen LogP contribution >= 0.6 is 0 Å². The molecule has 1 heterocycles. The number of aromatic nitrogens is 2. The Balaban J connectivity index is 1.96. The SMILES string of the molecule is Cn1nc(-c2c(F)cccc2F)cc1Oc1ccc(F)cc1. The third-order valence-corrected chi connectivity index (χ3v) is 3.09. The van der Waals surface area contributed by atoms with Crippen molar-refractivity contribution in [2.24, 2.45) is 7.05 Å². The Hall–Kier alpha value is -2.76. The van der Waals surface area contributed by atoms with E-state index in [0.717, 1.165) is 12.1 Å². The summed E-state index contributed by atoms with van der Waals surface area (Å²) in [4.78, 5) is 0. The lowest BCUT2D eigenvalue weighted by atomic mass is 10.1. The first kappa shape index (κ1) is 14.2. The number of benzene rings is 2. The summed E-state index contributed by atoms with van der Waals surface area (Å²) in [6.07, 6.45) is 0. The quantitative estimate of drug-likeness (QED) is 0.721. The third kappa shape index (κ3) is 2.67. The molecule has 2 aromatic carbocycles. The molecular weight excluding hydrogens is 293 g/mol. The first-order valence-corrected chi connectivity index (χ1v) is 6.46. The molecule has 3 rings (SSSR count). The normalized spacial score (nSPS) is 10.7. The fourth-order valence-electron chi connectivity index (χ4n) is 2.03. The van der Waals surface area contributed by atoms with Crippen LogP contribution in [-0.4, -0.2) is 9.78 Å². The lowest BCUT2D eigenvalue weighted by Gasteiger charge is -2.04. The van der Waals surface area contributed by atoms with E-state index in [-0.39, 0.29) is 23.0 Å². The molecule has 3 aromatic rings. The second kappa shape index (κ2) is 5.55. The summed E-state index contributed by atoms with van der Waals surface area (Å²) in [5, 5.41) is 4.05. The highest BCUT2D eigenvalue weighted by Crippen LogP contribution is 2.29. The van der Waals surface area contributed by atoms with Crippen molar-refractivity contribution >= 4 is 0 Å². The summed E-state index contributed by atoms with van der Waals surface area (Å²) in [6.45, 7) is 0. The molecular formula is C16H11F3N2O. The number of nitrogens with zero attached hydrogens (tertiary/aromatic N) is 2. The van der Waals surface area contributed by atoms with Crippen LogP contribution in [0.4, 0.5) is 13.2 Å². The van der Waals surface area contributed by atoms with Gasteiger partial charge in [0.1, 0.15) is 28.9 Å². The lowest BCUT2D eigenvalue weighted by molar-refractivity contribution is 0.429. The standard InChI is InChI=1S/C16H11F3N2O/c1-21-15(22-11-7-5-10(17)6-8-11)9-14(20-21)16-12(18)3-2-4-13(16)19/h2-9H,1H3. The second-order valence-corrected chi connectivity index (χ2v) is 4.64. The molecule has 0 N–H and O–H groups in total. The van der Waals surface area contributed by atoms with E-state index < -0.39 is 11.6 Å². The van der Waals surface area contributed by atoms with Crippen molar-refractivity contribution < 1.29 is 17.9 Å². The molecule has 0 bridgehead atoms. The van der Waals surface area contributed by atoms with Crippen molar-refractivity contribution in [3.8, 4) is 22.9 Å². The maximum Gasteiger partial charge on any atom is 0.218 e. The topological polar surface area (TPSA) is 27.1 Å². The maximum absolute atomic E-state index is 13.8. The van der Waals surface area contributed by atoms with Gasteiger partial charge in [0.05, 0.1) is 5.56 Å². The van der Waals surface area contributed by atoms with Gasteiger partial charge in [0.15, 0.2) is 0 Å². The van der Waals surface area contributed by atoms with Gasteiger partial charge in [0.2, 0.25) is 5.88 Å². The van der Waals surface area contributed by atoms with E-state index in [2.05, 4.69) is 5.10 Å². The van der Waals surface area contributed by atoms with E-state index in [9.17, 15) is 13.2 Å². The van der Waals surface area contributed by atoms with E-state index in [1.807, 2.05) is 0 Å². The van der Waals surface area contributed by atoms with Gasteiger partial charge in [-0.3, -0.25) is 0 Å². The first-order valence-electron chi connectivity index (χ1n) is 6.46. The van der Waals surface area contributed by atoms with Crippen molar-refractivity contribution in [1.29, 1.82) is 0 Å². The Labute approximate surface area is 124 Å². The van der Waals surface area contributed by atoms with Crippen LogP contribution in [0, 0.1) is 17.5 Å². The number of hydrogen-bond acceptors (Lipinski definition) is 2. The summed E-state index contributed by atoms with van der Waals surface area (Å²) in [5.41, 5.74) is -0.0951. The Morgan fingerprint density at radius 1 is 0.955 bits per heavy atom. The molecule has 112 valence electrons. The van der Waals surface area contributed by atoms with Crippen molar-refractivity contribution in [3.63, 3.8) is 0 Å². The van der Waals surface area contributed by atoms with Crippen LogP contribution in [0.5, 0.6) is 11.6 Å². The predicted octanol–water partition coefficient (Wildman–Crippen LogP) is 4.30. The van der Waals surface area contributed by atoms with Gasteiger partial charge >= 0.3 is 0 Å². The number of halogens is 3. The Kier molecular flexibility index (Phi) is 3.58. The maximum atomic E-state index is 13.8. The molecule has 22 heavy (non-hydrogen) atoms. The largest absolute Gasteiger partial charge is 0.439 e. The van der Waals surface area contributed by atoms with Gasteiger partial charge in [-0.15, -0.1) is 0 Å². The summed E-state index contributed by atoms with van der Waals surface area (Å²) < 4.78 is 47.3. The van der Waals surface area contributed by atoms with Crippen LogP contribution < -0.4 is 4.74 Å². The van der Waals surface area contributed by atoms with Crippen molar-refractivity contribution in [3.05, 3.63) is 66.0 Å². The number of rotatable bonds is 3. The molecule has 0 radical (unpaired) electrons. The zero-order valence-electron chi connectivity index (χ0n) is 11.6. The molecule has 0 spiro atoms. The smallest absolute Gasteiger partial charge is 0.218 e. The van der Waals surface area contributed by atoms with E-state index in [0.29, 0.717) is 5.75 Å². The molecule has 0 fully saturated rings. The summed E-state index contributed by atoms with van der Waals surface area (Å²) >= 11 is 0. The average Bonchev–Trinajstić information content (AvgIpc) is 2.82. The molecule has 6 heteroatoms. The summed E-state index contributed by atoms with van der Waals surface area (Å²) in [6, 6.07) is 10.4. The summed E-state index contributed by atoms with van der Waals surface area (Å²) in [7, 11) is 1.58. The van der Waals surface area contributed by atoms with Crippen molar-refractivity contribution in [2.75, 3.05) is 0 Å². The van der Waals surface area contributed by atoms with Crippen LogP contribution in [0.3, 0.4) is 0 Å². The van der Waals surface area contributed by atoms with E-state index >= 15 is 0 Å². The van der Waals surface area contributed by atoms with Crippen molar-refractivity contribution in [2.45, 2.75) is 0 Å². The minimum atomic E-state index is -0.702. The second-order valence-electron chi connectivity index (χ2n) is 4.64.